The number of rotatable bonds is 7. The summed E-state index contributed by atoms with van der Waals surface area (Å²) in [5.41, 5.74) is 2.42. The molecule has 1 rings (SSSR count). The van der Waals surface area contributed by atoms with Gasteiger partial charge >= 0.3 is 0 Å². The summed E-state index contributed by atoms with van der Waals surface area (Å²) < 4.78 is 12.9. The summed E-state index contributed by atoms with van der Waals surface area (Å²) in [6.07, 6.45) is 4.78. The summed E-state index contributed by atoms with van der Waals surface area (Å²) in [6.45, 7) is 7.29. The van der Waals surface area contributed by atoms with Gasteiger partial charge in [0, 0.05) is 54.2 Å². The minimum absolute atomic E-state index is 0.383. The van der Waals surface area contributed by atoms with E-state index < -0.39 is 10.8 Å². The van der Waals surface area contributed by atoms with Gasteiger partial charge in [-0.25, -0.2) is 0 Å². The molecule has 0 aliphatic carbocycles. The fourth-order valence-electron chi connectivity index (χ4n) is 1.91. The summed E-state index contributed by atoms with van der Waals surface area (Å²) in [5, 5.41) is 7.97. The molecule has 1 N–H and O–H groups in total. The Bertz CT molecular complexity index is 401. The molecule has 18 heavy (non-hydrogen) atoms. The first-order valence-electron chi connectivity index (χ1n) is 6.46. The predicted molar refractivity (Wildman–Crippen MR) is 77.1 cm³/mol. The highest BCUT2D eigenvalue weighted by Gasteiger charge is 2.12. The van der Waals surface area contributed by atoms with E-state index in [1.54, 1.807) is 6.26 Å². The van der Waals surface area contributed by atoms with Gasteiger partial charge in [-0.2, -0.15) is 5.10 Å². The van der Waals surface area contributed by atoms with E-state index in [9.17, 15) is 4.21 Å². The van der Waals surface area contributed by atoms with Gasteiger partial charge in [0.25, 0.3) is 0 Å². The van der Waals surface area contributed by atoms with Gasteiger partial charge < -0.3 is 5.32 Å². The van der Waals surface area contributed by atoms with Crippen LogP contribution in [0.2, 0.25) is 0 Å². The summed E-state index contributed by atoms with van der Waals surface area (Å²) >= 11 is 0. The Morgan fingerprint density at radius 1 is 1.44 bits per heavy atom. The van der Waals surface area contributed by atoms with E-state index in [2.05, 4.69) is 37.4 Å². The van der Waals surface area contributed by atoms with Crippen LogP contribution in [0.5, 0.6) is 0 Å². The number of nitrogens with zero attached hydrogens (tertiary/aromatic N) is 2. The molecule has 0 bridgehead atoms. The second-order valence-electron chi connectivity index (χ2n) is 5.22. The molecular formula is C13H25N3OS. The van der Waals surface area contributed by atoms with Crippen LogP contribution in [0.4, 0.5) is 0 Å². The Labute approximate surface area is 113 Å². The molecule has 0 aliphatic rings. The third-order valence-corrected chi connectivity index (χ3v) is 3.77. The Kier molecular flexibility index (Phi) is 6.02. The van der Waals surface area contributed by atoms with Crippen LogP contribution in [0, 0.1) is 0 Å². The van der Waals surface area contributed by atoms with Gasteiger partial charge in [0.05, 0.1) is 5.69 Å². The number of aryl methyl sites for hydroxylation is 1. The smallest absolute Gasteiger partial charge is 0.0694 e. The molecule has 104 valence electrons. The highest BCUT2D eigenvalue weighted by Crippen LogP contribution is 2.17. The second kappa shape index (κ2) is 7.04. The zero-order valence-corrected chi connectivity index (χ0v) is 12.9. The minimum atomic E-state index is -0.698. The highest BCUT2D eigenvalue weighted by molar-refractivity contribution is 7.84. The second-order valence-corrected chi connectivity index (χ2v) is 6.77. The lowest BCUT2D eigenvalue weighted by Gasteiger charge is -2.13. The Hall–Kier alpha value is -0.680. The zero-order valence-electron chi connectivity index (χ0n) is 12.1. The van der Waals surface area contributed by atoms with Gasteiger partial charge in [-0.15, -0.1) is 0 Å². The predicted octanol–water partition coefficient (Wildman–Crippen LogP) is 1.79. The summed E-state index contributed by atoms with van der Waals surface area (Å²) in [4.78, 5) is 0. The van der Waals surface area contributed by atoms with Crippen LogP contribution in [-0.2, 0) is 24.4 Å². The van der Waals surface area contributed by atoms with Gasteiger partial charge in [-0.3, -0.25) is 8.89 Å². The molecule has 2 atom stereocenters. The molecule has 5 heteroatoms. The van der Waals surface area contributed by atoms with Crippen molar-refractivity contribution in [3.8, 4) is 0 Å². The first-order valence-corrected chi connectivity index (χ1v) is 8.18. The van der Waals surface area contributed by atoms with Gasteiger partial charge in [0.1, 0.15) is 0 Å². The Balaban J connectivity index is 2.50. The van der Waals surface area contributed by atoms with Crippen LogP contribution in [-0.4, -0.2) is 32.0 Å². The van der Waals surface area contributed by atoms with Crippen LogP contribution in [0.3, 0.4) is 0 Å². The van der Waals surface area contributed by atoms with Crippen molar-refractivity contribution in [2.24, 2.45) is 7.05 Å². The molecular weight excluding hydrogens is 246 g/mol. The van der Waals surface area contributed by atoms with Crippen molar-refractivity contribution in [3.63, 3.8) is 0 Å². The lowest BCUT2D eigenvalue weighted by molar-refractivity contribution is 0.532. The van der Waals surface area contributed by atoms with Crippen LogP contribution in [0.25, 0.3) is 0 Å². The molecule has 1 heterocycles. The largest absolute Gasteiger partial charge is 0.310 e. The summed E-state index contributed by atoms with van der Waals surface area (Å²) in [7, 11) is 1.26. The summed E-state index contributed by atoms with van der Waals surface area (Å²) in [6, 6.07) is 0.383. The van der Waals surface area contributed by atoms with E-state index in [0.29, 0.717) is 12.0 Å². The molecule has 0 spiro atoms. The van der Waals surface area contributed by atoms with Crippen molar-refractivity contribution >= 4 is 10.8 Å². The average Bonchev–Trinajstić information content (AvgIpc) is 2.65. The van der Waals surface area contributed by atoms with Crippen LogP contribution >= 0.6 is 0 Å². The molecule has 0 saturated carbocycles. The zero-order chi connectivity index (χ0) is 13.7. The summed E-state index contributed by atoms with van der Waals surface area (Å²) in [5.74, 6) is 1.21. The van der Waals surface area contributed by atoms with Crippen LogP contribution in [0.15, 0.2) is 6.20 Å². The Morgan fingerprint density at radius 3 is 2.67 bits per heavy atom. The first-order chi connectivity index (χ1) is 8.40. The van der Waals surface area contributed by atoms with E-state index in [4.69, 9.17) is 0 Å². The maximum Gasteiger partial charge on any atom is 0.0694 e. The van der Waals surface area contributed by atoms with E-state index >= 15 is 0 Å². The maximum absolute atomic E-state index is 11.0. The lowest BCUT2D eigenvalue weighted by atomic mass is 10.1. The van der Waals surface area contributed by atoms with Crippen LogP contribution in [0.1, 0.15) is 44.4 Å². The number of aromatic nitrogens is 2. The van der Waals surface area contributed by atoms with Crippen molar-refractivity contribution in [2.75, 3.05) is 12.0 Å². The van der Waals surface area contributed by atoms with Crippen molar-refractivity contribution in [1.82, 2.24) is 15.1 Å². The van der Waals surface area contributed by atoms with Gasteiger partial charge in [0.15, 0.2) is 0 Å². The van der Waals surface area contributed by atoms with Crippen LogP contribution < -0.4 is 5.32 Å². The topological polar surface area (TPSA) is 46.9 Å². The lowest BCUT2D eigenvalue weighted by Crippen LogP contribution is -2.27. The van der Waals surface area contributed by atoms with Gasteiger partial charge in [0.2, 0.25) is 0 Å². The van der Waals surface area contributed by atoms with Gasteiger partial charge in [-0.1, -0.05) is 13.8 Å². The van der Waals surface area contributed by atoms with E-state index in [-0.39, 0.29) is 0 Å². The maximum atomic E-state index is 11.0. The van der Waals surface area contributed by atoms with E-state index in [1.165, 1.54) is 5.56 Å². The van der Waals surface area contributed by atoms with E-state index in [0.717, 1.165) is 24.4 Å². The first kappa shape index (κ1) is 15.4. The Morgan fingerprint density at radius 2 is 2.11 bits per heavy atom. The normalized spacial score (nSPS) is 15.0. The molecule has 0 radical (unpaired) electrons. The van der Waals surface area contributed by atoms with Crippen molar-refractivity contribution in [2.45, 2.75) is 45.7 Å². The molecule has 0 aromatic carbocycles. The van der Waals surface area contributed by atoms with Gasteiger partial charge in [-0.05, 0) is 19.3 Å². The van der Waals surface area contributed by atoms with Crippen molar-refractivity contribution in [3.05, 3.63) is 17.5 Å². The molecule has 0 aliphatic heterocycles. The van der Waals surface area contributed by atoms with E-state index in [1.807, 2.05) is 11.7 Å². The molecule has 0 fully saturated rings. The third-order valence-electron chi connectivity index (χ3n) is 2.96. The third kappa shape index (κ3) is 4.90. The van der Waals surface area contributed by atoms with Crippen molar-refractivity contribution in [1.29, 1.82) is 0 Å². The monoisotopic (exact) mass is 271 g/mol. The SMILES string of the molecule is CC(CCS(C)=O)NCc1cn(C)nc1C(C)C. The molecule has 0 saturated heterocycles. The molecule has 0 amide bonds. The minimum Gasteiger partial charge on any atom is -0.310 e. The standard InChI is InChI=1S/C13H25N3OS/c1-10(2)13-12(9-16(4)15-13)8-14-11(3)6-7-18(5)17/h9-11,14H,6-8H2,1-5H3. The quantitative estimate of drug-likeness (QED) is 0.822. The molecule has 1 aromatic heterocycles. The highest BCUT2D eigenvalue weighted by atomic mass is 32.2. The fraction of sp³-hybridized carbons (Fsp3) is 0.769. The average molecular weight is 271 g/mol. The number of hydrogen-bond acceptors (Lipinski definition) is 3. The van der Waals surface area contributed by atoms with Crippen molar-refractivity contribution < 1.29 is 4.21 Å². The number of hydrogen-bond donors (Lipinski definition) is 1. The molecule has 4 nitrogen and oxygen atoms in total. The number of nitrogens with one attached hydrogen (secondary N) is 1. The fourth-order valence-corrected chi connectivity index (χ4v) is 2.59. The molecule has 1 aromatic rings. The molecule has 2 unspecified atom stereocenters.